The molecule has 1 aromatic carbocycles. The van der Waals surface area contributed by atoms with Crippen molar-refractivity contribution in [1.82, 2.24) is 4.90 Å². The number of aliphatic carboxylic acids is 1. The largest absolute Gasteiger partial charge is 0.481 e. The molecule has 0 spiro atoms. The minimum Gasteiger partial charge on any atom is -0.481 e. The zero-order chi connectivity index (χ0) is 17.0. The lowest BCUT2D eigenvalue weighted by Gasteiger charge is -2.38. The van der Waals surface area contributed by atoms with Crippen molar-refractivity contribution in [2.75, 3.05) is 12.3 Å². The molecule has 1 aliphatic rings. The van der Waals surface area contributed by atoms with Gasteiger partial charge in [0.2, 0.25) is 5.91 Å². The summed E-state index contributed by atoms with van der Waals surface area (Å²) in [6, 6.07) is 5.92. The minimum absolute atomic E-state index is 0.00179. The number of hydrogen-bond acceptors (Lipinski definition) is 3. The van der Waals surface area contributed by atoms with Gasteiger partial charge in [-0.1, -0.05) is 6.92 Å². The summed E-state index contributed by atoms with van der Waals surface area (Å²) in [5.41, 5.74) is 0. The number of rotatable bonds is 5. The lowest BCUT2D eigenvalue weighted by atomic mass is 9.89. The fraction of sp³-hybridized carbons (Fsp3) is 0.529. The van der Waals surface area contributed by atoms with Gasteiger partial charge in [0.1, 0.15) is 5.82 Å². The van der Waals surface area contributed by atoms with E-state index in [0.29, 0.717) is 18.7 Å². The maximum absolute atomic E-state index is 12.9. The van der Waals surface area contributed by atoms with Crippen molar-refractivity contribution in [2.45, 2.75) is 37.6 Å². The first kappa shape index (κ1) is 17.8. The number of carboxylic acid groups (broad SMARTS) is 1. The Morgan fingerprint density at radius 1 is 1.39 bits per heavy atom. The van der Waals surface area contributed by atoms with Crippen LogP contribution < -0.4 is 0 Å². The Bertz CT molecular complexity index is 563. The van der Waals surface area contributed by atoms with Gasteiger partial charge in [0.25, 0.3) is 0 Å². The van der Waals surface area contributed by atoms with Crippen molar-refractivity contribution in [2.24, 2.45) is 11.8 Å². The van der Waals surface area contributed by atoms with E-state index in [1.807, 2.05) is 13.8 Å². The van der Waals surface area contributed by atoms with E-state index in [9.17, 15) is 19.1 Å². The van der Waals surface area contributed by atoms with Gasteiger partial charge in [-0.25, -0.2) is 4.39 Å². The van der Waals surface area contributed by atoms with Gasteiger partial charge >= 0.3 is 5.97 Å². The second-order valence-electron chi connectivity index (χ2n) is 6.03. The third-order valence-electron chi connectivity index (χ3n) is 4.32. The average molecular weight is 339 g/mol. The number of thioether (sulfide) groups is 1. The smallest absolute Gasteiger partial charge is 0.308 e. The zero-order valence-electron chi connectivity index (χ0n) is 13.4. The predicted molar refractivity (Wildman–Crippen MR) is 87.8 cm³/mol. The summed E-state index contributed by atoms with van der Waals surface area (Å²) < 4.78 is 12.9. The molecule has 4 nitrogen and oxygen atoms in total. The van der Waals surface area contributed by atoms with E-state index >= 15 is 0 Å². The fourth-order valence-corrected chi connectivity index (χ4v) is 3.80. The molecule has 1 saturated heterocycles. The van der Waals surface area contributed by atoms with Gasteiger partial charge in [-0.15, -0.1) is 11.8 Å². The number of carboxylic acids is 1. The Hall–Kier alpha value is -1.56. The van der Waals surface area contributed by atoms with Crippen molar-refractivity contribution >= 4 is 23.6 Å². The second-order valence-corrected chi connectivity index (χ2v) is 7.12. The summed E-state index contributed by atoms with van der Waals surface area (Å²) in [6.07, 6.45) is 1.35. The highest BCUT2D eigenvalue weighted by Crippen LogP contribution is 2.27. The normalized spacial score (nSPS) is 22.7. The van der Waals surface area contributed by atoms with Crippen LogP contribution in [0, 0.1) is 17.7 Å². The highest BCUT2D eigenvalue weighted by molar-refractivity contribution is 7.99. The van der Waals surface area contributed by atoms with Crippen LogP contribution in [0.15, 0.2) is 29.2 Å². The predicted octanol–water partition coefficient (Wildman–Crippen LogP) is 3.27. The summed E-state index contributed by atoms with van der Waals surface area (Å²) in [7, 11) is 0. The second kappa shape index (κ2) is 7.81. The van der Waals surface area contributed by atoms with E-state index in [1.165, 1.54) is 23.9 Å². The molecule has 1 heterocycles. The Kier molecular flexibility index (Phi) is 6.04. The van der Waals surface area contributed by atoms with Gasteiger partial charge < -0.3 is 10.0 Å². The Morgan fingerprint density at radius 3 is 2.65 bits per heavy atom. The number of benzene rings is 1. The lowest BCUT2D eigenvalue weighted by Crippen LogP contribution is -2.51. The number of likely N-dealkylation sites (tertiary alicyclic amines) is 1. The van der Waals surface area contributed by atoms with Crippen molar-refractivity contribution < 1.29 is 19.1 Å². The van der Waals surface area contributed by atoms with Crippen LogP contribution in [0.2, 0.25) is 0 Å². The molecule has 1 amide bonds. The Labute approximate surface area is 140 Å². The molecule has 6 heteroatoms. The molecule has 0 aliphatic carbocycles. The van der Waals surface area contributed by atoms with Gasteiger partial charge in [0, 0.05) is 29.2 Å². The van der Waals surface area contributed by atoms with Gasteiger partial charge in [-0.3, -0.25) is 9.59 Å². The zero-order valence-corrected chi connectivity index (χ0v) is 14.2. The molecule has 1 aliphatic heterocycles. The highest BCUT2D eigenvalue weighted by atomic mass is 32.2. The van der Waals surface area contributed by atoms with Crippen molar-refractivity contribution in [3.05, 3.63) is 30.1 Å². The van der Waals surface area contributed by atoms with Crippen LogP contribution in [0.1, 0.15) is 26.7 Å². The lowest BCUT2D eigenvalue weighted by molar-refractivity contribution is -0.150. The average Bonchev–Trinajstić information content (AvgIpc) is 2.53. The Morgan fingerprint density at radius 2 is 2.04 bits per heavy atom. The molecule has 0 bridgehead atoms. The first-order valence-corrected chi connectivity index (χ1v) is 8.80. The molecule has 1 N–H and O–H groups in total. The number of carbonyl (C=O) groups is 2. The van der Waals surface area contributed by atoms with Crippen LogP contribution in [0.25, 0.3) is 0 Å². The summed E-state index contributed by atoms with van der Waals surface area (Å²) >= 11 is 1.51. The van der Waals surface area contributed by atoms with E-state index in [1.54, 1.807) is 17.0 Å². The van der Waals surface area contributed by atoms with Gasteiger partial charge in [0.15, 0.2) is 0 Å². The molecule has 126 valence electrons. The summed E-state index contributed by atoms with van der Waals surface area (Å²) in [6.45, 7) is 4.29. The van der Waals surface area contributed by atoms with Crippen LogP contribution in [0.3, 0.4) is 0 Å². The van der Waals surface area contributed by atoms with E-state index < -0.39 is 11.9 Å². The minimum atomic E-state index is -0.830. The number of nitrogens with zero attached hydrogens (tertiary/aromatic N) is 1. The van der Waals surface area contributed by atoms with E-state index in [-0.39, 0.29) is 23.7 Å². The standard InChI is InChI=1S/C17H22FNO3S/c1-11(10-23-14-7-5-13(18)6-8-14)16(20)19-9-3-4-15(12(19)2)17(21)22/h5-8,11-12,15H,3-4,9-10H2,1-2H3,(H,21,22)/t11?,12-,15-/m0/s1. The van der Waals surface area contributed by atoms with Crippen molar-refractivity contribution in [3.63, 3.8) is 0 Å². The maximum atomic E-state index is 12.9. The molecular formula is C17H22FNO3S. The third kappa shape index (κ3) is 4.47. The molecule has 1 fully saturated rings. The Balaban J connectivity index is 1.93. The molecular weight excluding hydrogens is 317 g/mol. The molecule has 0 radical (unpaired) electrons. The number of carbonyl (C=O) groups excluding carboxylic acids is 1. The van der Waals surface area contributed by atoms with Crippen molar-refractivity contribution in [3.8, 4) is 0 Å². The SMILES string of the molecule is CC(CSc1ccc(F)cc1)C(=O)N1CCC[C@H](C(=O)O)[C@@H]1C. The number of halogens is 1. The van der Waals surface area contributed by atoms with Crippen LogP contribution >= 0.6 is 11.8 Å². The molecule has 0 aromatic heterocycles. The van der Waals surface area contributed by atoms with E-state index in [0.717, 1.165) is 11.3 Å². The van der Waals surface area contributed by atoms with Gasteiger partial charge in [-0.05, 0) is 44.0 Å². The quantitative estimate of drug-likeness (QED) is 0.837. The monoisotopic (exact) mass is 339 g/mol. The number of amides is 1. The third-order valence-corrected chi connectivity index (χ3v) is 5.60. The van der Waals surface area contributed by atoms with Crippen molar-refractivity contribution in [1.29, 1.82) is 0 Å². The van der Waals surface area contributed by atoms with Crippen LogP contribution in [0.4, 0.5) is 4.39 Å². The fourth-order valence-electron chi connectivity index (χ4n) is 2.89. The molecule has 1 unspecified atom stereocenters. The van der Waals surface area contributed by atoms with Crippen LogP contribution in [-0.4, -0.2) is 40.2 Å². The summed E-state index contributed by atoms with van der Waals surface area (Å²) in [5.74, 6) is -1.21. The molecule has 23 heavy (non-hydrogen) atoms. The van der Waals surface area contributed by atoms with Gasteiger partial charge in [-0.2, -0.15) is 0 Å². The van der Waals surface area contributed by atoms with Crippen LogP contribution in [0.5, 0.6) is 0 Å². The van der Waals surface area contributed by atoms with E-state index in [4.69, 9.17) is 0 Å². The summed E-state index contributed by atoms with van der Waals surface area (Å²) in [5, 5.41) is 9.25. The van der Waals surface area contributed by atoms with Crippen LogP contribution in [-0.2, 0) is 9.59 Å². The molecule has 0 saturated carbocycles. The number of piperidine rings is 1. The molecule has 2 rings (SSSR count). The van der Waals surface area contributed by atoms with Gasteiger partial charge in [0.05, 0.1) is 5.92 Å². The first-order valence-electron chi connectivity index (χ1n) is 7.81. The summed E-state index contributed by atoms with van der Waals surface area (Å²) in [4.78, 5) is 26.5. The maximum Gasteiger partial charge on any atom is 0.308 e. The number of hydrogen-bond donors (Lipinski definition) is 1. The van der Waals surface area contributed by atoms with E-state index in [2.05, 4.69) is 0 Å². The highest BCUT2D eigenvalue weighted by Gasteiger charge is 2.36. The molecule has 1 aromatic rings. The topological polar surface area (TPSA) is 57.6 Å². The first-order chi connectivity index (χ1) is 10.9. The molecule has 3 atom stereocenters.